The van der Waals surface area contributed by atoms with Crippen molar-refractivity contribution in [1.82, 2.24) is 10.3 Å². The standard InChI is InChI=1S/C19H22N2O4/c1-19(2,3)15-6-4-12(5-7-15)16(22)11-21-17(23)13-8-14(18(24)25)10-20-9-13/h4-10,16,22H,11H2,1-3H3,(H,21,23)(H,24,25). The third-order valence-electron chi connectivity index (χ3n) is 3.86. The predicted molar refractivity (Wildman–Crippen MR) is 93.6 cm³/mol. The summed E-state index contributed by atoms with van der Waals surface area (Å²) in [6.07, 6.45) is 1.60. The van der Waals surface area contributed by atoms with Gasteiger partial charge in [0.1, 0.15) is 0 Å². The molecule has 0 aliphatic heterocycles. The van der Waals surface area contributed by atoms with Crippen molar-refractivity contribution < 1.29 is 19.8 Å². The second-order valence-corrected chi connectivity index (χ2v) is 6.87. The first-order chi connectivity index (χ1) is 11.7. The summed E-state index contributed by atoms with van der Waals surface area (Å²) in [4.78, 5) is 26.7. The zero-order chi connectivity index (χ0) is 18.6. The Hall–Kier alpha value is -2.73. The number of carbonyl (C=O) groups is 2. The first kappa shape index (κ1) is 18.6. The van der Waals surface area contributed by atoms with Crippen molar-refractivity contribution in [1.29, 1.82) is 0 Å². The second-order valence-electron chi connectivity index (χ2n) is 6.87. The number of rotatable bonds is 5. The van der Waals surface area contributed by atoms with Crippen molar-refractivity contribution in [2.24, 2.45) is 0 Å². The number of hydrogen-bond donors (Lipinski definition) is 3. The number of nitrogens with zero attached hydrogens (tertiary/aromatic N) is 1. The number of aliphatic hydroxyl groups is 1. The van der Waals surface area contributed by atoms with Crippen molar-refractivity contribution in [3.63, 3.8) is 0 Å². The number of carboxylic acids is 1. The fraction of sp³-hybridized carbons (Fsp3) is 0.316. The van der Waals surface area contributed by atoms with Gasteiger partial charge in [-0.05, 0) is 22.6 Å². The predicted octanol–water partition coefficient (Wildman–Crippen LogP) is 2.54. The zero-order valence-electron chi connectivity index (χ0n) is 14.5. The number of amides is 1. The number of aromatic carboxylic acids is 1. The molecule has 1 aromatic carbocycles. The summed E-state index contributed by atoms with van der Waals surface area (Å²) >= 11 is 0. The molecule has 25 heavy (non-hydrogen) atoms. The largest absolute Gasteiger partial charge is 0.478 e. The Morgan fingerprint density at radius 3 is 2.28 bits per heavy atom. The van der Waals surface area contributed by atoms with Crippen molar-refractivity contribution >= 4 is 11.9 Å². The average molecular weight is 342 g/mol. The topological polar surface area (TPSA) is 99.5 Å². The van der Waals surface area contributed by atoms with Gasteiger partial charge >= 0.3 is 5.97 Å². The number of carboxylic acid groups (broad SMARTS) is 1. The smallest absolute Gasteiger partial charge is 0.337 e. The molecule has 3 N–H and O–H groups in total. The van der Waals surface area contributed by atoms with Gasteiger partial charge in [0, 0.05) is 18.9 Å². The maximum Gasteiger partial charge on any atom is 0.337 e. The van der Waals surface area contributed by atoms with E-state index in [1.165, 1.54) is 18.5 Å². The lowest BCUT2D eigenvalue weighted by atomic mass is 9.86. The van der Waals surface area contributed by atoms with Crippen LogP contribution in [0.4, 0.5) is 0 Å². The van der Waals surface area contributed by atoms with E-state index in [1.54, 1.807) is 0 Å². The molecule has 1 amide bonds. The van der Waals surface area contributed by atoms with E-state index >= 15 is 0 Å². The van der Waals surface area contributed by atoms with Gasteiger partial charge in [-0.2, -0.15) is 0 Å². The van der Waals surface area contributed by atoms with Gasteiger partial charge in [0.25, 0.3) is 5.91 Å². The van der Waals surface area contributed by atoms with Crippen LogP contribution < -0.4 is 5.32 Å². The lowest BCUT2D eigenvalue weighted by Gasteiger charge is -2.20. The molecule has 0 aliphatic carbocycles. The van der Waals surface area contributed by atoms with E-state index in [0.717, 1.165) is 5.56 Å². The minimum atomic E-state index is -1.15. The molecule has 1 atom stereocenters. The van der Waals surface area contributed by atoms with Gasteiger partial charge in [-0.15, -0.1) is 0 Å². The molecule has 0 spiro atoms. The Morgan fingerprint density at radius 1 is 1.12 bits per heavy atom. The zero-order valence-corrected chi connectivity index (χ0v) is 14.5. The van der Waals surface area contributed by atoms with E-state index in [2.05, 4.69) is 31.1 Å². The minimum absolute atomic E-state index is 0.0188. The number of aromatic nitrogens is 1. The van der Waals surface area contributed by atoms with Crippen LogP contribution in [0.3, 0.4) is 0 Å². The highest BCUT2D eigenvalue weighted by atomic mass is 16.4. The lowest BCUT2D eigenvalue weighted by Crippen LogP contribution is -2.28. The SMILES string of the molecule is CC(C)(C)c1ccc(C(O)CNC(=O)c2cncc(C(=O)O)c2)cc1. The minimum Gasteiger partial charge on any atom is -0.478 e. The number of benzene rings is 1. The highest BCUT2D eigenvalue weighted by molar-refractivity contribution is 5.96. The van der Waals surface area contributed by atoms with Crippen LogP contribution in [-0.4, -0.2) is 33.6 Å². The van der Waals surface area contributed by atoms with Crippen molar-refractivity contribution in [2.45, 2.75) is 32.3 Å². The second kappa shape index (κ2) is 7.44. The van der Waals surface area contributed by atoms with Gasteiger partial charge in [0.05, 0.1) is 17.2 Å². The first-order valence-electron chi connectivity index (χ1n) is 7.93. The van der Waals surface area contributed by atoms with E-state index < -0.39 is 18.0 Å². The van der Waals surface area contributed by atoms with E-state index in [0.29, 0.717) is 5.56 Å². The number of nitrogens with one attached hydrogen (secondary N) is 1. The molecule has 0 saturated heterocycles. The maximum atomic E-state index is 12.1. The quantitative estimate of drug-likeness (QED) is 0.775. The number of hydrogen-bond acceptors (Lipinski definition) is 4. The number of pyridine rings is 1. The van der Waals surface area contributed by atoms with Crippen LogP contribution in [0.25, 0.3) is 0 Å². The van der Waals surface area contributed by atoms with E-state index in [-0.39, 0.29) is 23.1 Å². The van der Waals surface area contributed by atoms with E-state index in [4.69, 9.17) is 5.11 Å². The molecule has 0 saturated carbocycles. The van der Waals surface area contributed by atoms with Crippen molar-refractivity contribution in [3.8, 4) is 0 Å². The first-order valence-corrected chi connectivity index (χ1v) is 7.93. The van der Waals surface area contributed by atoms with Crippen LogP contribution >= 0.6 is 0 Å². The van der Waals surface area contributed by atoms with E-state index in [9.17, 15) is 14.7 Å². The Labute approximate surface area is 146 Å². The summed E-state index contributed by atoms with van der Waals surface area (Å²) in [5.41, 5.74) is 1.95. The van der Waals surface area contributed by atoms with Gasteiger partial charge in [-0.1, -0.05) is 45.0 Å². The van der Waals surface area contributed by atoms with Crippen molar-refractivity contribution in [3.05, 3.63) is 65.0 Å². The van der Waals surface area contributed by atoms with Gasteiger partial charge in [-0.3, -0.25) is 9.78 Å². The van der Waals surface area contributed by atoms with Crippen molar-refractivity contribution in [2.75, 3.05) is 6.54 Å². The summed E-state index contributed by atoms with van der Waals surface area (Å²) in [5, 5.41) is 21.7. The number of aliphatic hydroxyl groups excluding tert-OH is 1. The van der Waals surface area contributed by atoms with Gasteiger partial charge in [0.15, 0.2) is 0 Å². The van der Waals surface area contributed by atoms with Crippen LogP contribution in [0.1, 0.15) is 58.7 Å². The maximum absolute atomic E-state index is 12.1. The van der Waals surface area contributed by atoms with E-state index in [1.807, 2.05) is 24.3 Å². The summed E-state index contributed by atoms with van der Waals surface area (Å²) in [6, 6.07) is 8.84. The molecule has 6 nitrogen and oxygen atoms in total. The molecule has 2 rings (SSSR count). The Morgan fingerprint density at radius 2 is 1.72 bits per heavy atom. The Bertz CT molecular complexity index is 764. The van der Waals surface area contributed by atoms with Crippen LogP contribution in [0.2, 0.25) is 0 Å². The molecule has 2 aromatic rings. The Balaban J connectivity index is 1.99. The lowest BCUT2D eigenvalue weighted by molar-refractivity contribution is 0.0696. The molecule has 0 aliphatic rings. The van der Waals surface area contributed by atoms with Crippen LogP contribution in [0, 0.1) is 0 Å². The summed E-state index contributed by atoms with van der Waals surface area (Å²) < 4.78 is 0. The third-order valence-corrected chi connectivity index (χ3v) is 3.86. The molecular weight excluding hydrogens is 320 g/mol. The summed E-state index contributed by atoms with van der Waals surface area (Å²) in [7, 11) is 0. The molecule has 1 aromatic heterocycles. The fourth-order valence-electron chi connectivity index (χ4n) is 2.30. The molecule has 1 unspecified atom stereocenters. The highest BCUT2D eigenvalue weighted by Gasteiger charge is 2.16. The molecule has 132 valence electrons. The normalized spacial score (nSPS) is 12.5. The highest BCUT2D eigenvalue weighted by Crippen LogP contribution is 2.23. The monoisotopic (exact) mass is 342 g/mol. The van der Waals surface area contributed by atoms with Crippen LogP contribution in [0.15, 0.2) is 42.7 Å². The molecular formula is C19H22N2O4. The molecule has 0 bridgehead atoms. The number of carbonyl (C=O) groups excluding carboxylic acids is 1. The third kappa shape index (κ3) is 4.87. The van der Waals surface area contributed by atoms with Gasteiger partial charge in [-0.25, -0.2) is 4.79 Å². The fourth-order valence-corrected chi connectivity index (χ4v) is 2.30. The Kier molecular flexibility index (Phi) is 5.54. The van der Waals surface area contributed by atoms with Crippen LogP contribution in [-0.2, 0) is 5.41 Å². The van der Waals surface area contributed by atoms with Crippen LogP contribution in [0.5, 0.6) is 0 Å². The molecule has 0 radical (unpaired) electrons. The molecule has 0 fully saturated rings. The summed E-state index contributed by atoms with van der Waals surface area (Å²) in [5.74, 6) is -1.64. The molecule has 6 heteroatoms. The summed E-state index contributed by atoms with van der Waals surface area (Å²) in [6.45, 7) is 6.35. The average Bonchev–Trinajstić information content (AvgIpc) is 2.58. The van der Waals surface area contributed by atoms with Gasteiger partial charge < -0.3 is 15.5 Å². The molecule has 1 heterocycles. The van der Waals surface area contributed by atoms with Gasteiger partial charge in [0.2, 0.25) is 0 Å².